The monoisotopic (exact) mass is 855 g/mol. The fourth-order valence-corrected chi connectivity index (χ4v) is 5.84. The quantitative estimate of drug-likeness (QED) is 0.0264. The first kappa shape index (κ1) is 57.5. The van der Waals surface area contributed by atoms with Gasteiger partial charge in [-0.1, -0.05) is 187 Å². The van der Waals surface area contributed by atoms with E-state index in [0.717, 1.165) is 96.3 Å². The highest BCUT2D eigenvalue weighted by Crippen LogP contribution is 2.11. The summed E-state index contributed by atoms with van der Waals surface area (Å²) in [6.07, 6.45) is 68.9. The minimum absolute atomic E-state index is 0.0772. The molecule has 0 bridgehead atoms. The molecular formula is C56H86O6. The first-order valence-electron chi connectivity index (χ1n) is 24.2. The van der Waals surface area contributed by atoms with Crippen LogP contribution in [0.15, 0.2) is 134 Å². The number of ether oxygens (including phenoxy) is 3. The number of carbonyl (C=O) groups is 3. The predicted octanol–water partition coefficient (Wildman–Crippen LogP) is 15.9. The van der Waals surface area contributed by atoms with E-state index in [1.807, 2.05) is 6.08 Å². The van der Waals surface area contributed by atoms with Crippen LogP contribution in [0, 0.1) is 0 Å². The van der Waals surface area contributed by atoms with Gasteiger partial charge in [-0.25, -0.2) is 0 Å². The number of esters is 3. The van der Waals surface area contributed by atoms with E-state index in [-0.39, 0.29) is 38.0 Å². The minimum atomic E-state index is -0.862. The summed E-state index contributed by atoms with van der Waals surface area (Å²) in [4.78, 5) is 37.8. The second-order valence-electron chi connectivity index (χ2n) is 15.3. The molecule has 0 aliphatic carbocycles. The van der Waals surface area contributed by atoms with Gasteiger partial charge < -0.3 is 14.2 Å². The van der Waals surface area contributed by atoms with Gasteiger partial charge in [0.25, 0.3) is 0 Å². The van der Waals surface area contributed by atoms with Crippen molar-refractivity contribution in [1.29, 1.82) is 0 Å². The molecule has 0 radical (unpaired) electrons. The molecule has 0 aliphatic heterocycles. The van der Waals surface area contributed by atoms with Gasteiger partial charge in [-0.15, -0.1) is 0 Å². The molecule has 0 saturated heterocycles. The van der Waals surface area contributed by atoms with Crippen LogP contribution in [0.4, 0.5) is 0 Å². The Hall–Kier alpha value is -4.45. The lowest BCUT2D eigenvalue weighted by atomic mass is 10.1. The Morgan fingerprint density at radius 2 is 0.694 bits per heavy atom. The van der Waals surface area contributed by atoms with E-state index in [4.69, 9.17) is 14.2 Å². The first-order chi connectivity index (χ1) is 30.5. The highest BCUT2D eigenvalue weighted by atomic mass is 16.6. The van der Waals surface area contributed by atoms with Crippen molar-refractivity contribution in [3.8, 4) is 0 Å². The van der Waals surface area contributed by atoms with Gasteiger partial charge in [-0.05, 0) is 109 Å². The number of allylic oxidation sites excluding steroid dienone is 21. The molecule has 0 aromatic carbocycles. The number of unbranched alkanes of at least 4 members (excludes halogenated alkanes) is 9. The fourth-order valence-electron chi connectivity index (χ4n) is 5.84. The molecule has 0 aromatic rings. The SMILES string of the molecule is CC/C=C\C/C=C\C/C=C\C/C=C\C/C=C\CCCC(=O)OCC(COC(=O)CCCCCCC/C=C\CCCCC)OC(=O)C/C=C\C/C=C\C/C=C\C/C=C\C/C=C\CC. The lowest BCUT2D eigenvalue weighted by molar-refractivity contribution is -0.166. The van der Waals surface area contributed by atoms with E-state index >= 15 is 0 Å². The maximum Gasteiger partial charge on any atom is 0.310 e. The topological polar surface area (TPSA) is 78.9 Å². The molecule has 62 heavy (non-hydrogen) atoms. The van der Waals surface area contributed by atoms with Crippen LogP contribution in [0.3, 0.4) is 0 Å². The maximum atomic E-state index is 12.7. The molecule has 346 valence electrons. The van der Waals surface area contributed by atoms with Crippen LogP contribution in [0.5, 0.6) is 0 Å². The molecule has 0 aromatic heterocycles. The summed E-state index contributed by atoms with van der Waals surface area (Å²) in [6, 6.07) is 0. The molecule has 0 N–H and O–H groups in total. The lowest BCUT2D eigenvalue weighted by Crippen LogP contribution is -2.30. The van der Waals surface area contributed by atoms with E-state index in [1.165, 1.54) is 32.1 Å². The zero-order chi connectivity index (χ0) is 45.1. The fraction of sp³-hybridized carbons (Fsp3) is 0.554. The van der Waals surface area contributed by atoms with E-state index in [2.05, 4.69) is 142 Å². The van der Waals surface area contributed by atoms with Gasteiger partial charge in [0.15, 0.2) is 6.10 Å². The van der Waals surface area contributed by atoms with Crippen molar-refractivity contribution >= 4 is 17.9 Å². The van der Waals surface area contributed by atoms with Crippen molar-refractivity contribution < 1.29 is 28.6 Å². The number of rotatable bonds is 41. The molecule has 0 rings (SSSR count). The largest absolute Gasteiger partial charge is 0.462 e. The van der Waals surface area contributed by atoms with Gasteiger partial charge in [-0.2, -0.15) is 0 Å². The molecule has 0 spiro atoms. The Labute approximate surface area is 379 Å². The Balaban J connectivity index is 4.65. The van der Waals surface area contributed by atoms with Crippen LogP contribution >= 0.6 is 0 Å². The summed E-state index contributed by atoms with van der Waals surface area (Å²) in [6.45, 7) is 6.21. The third-order valence-electron chi connectivity index (χ3n) is 9.40. The van der Waals surface area contributed by atoms with Gasteiger partial charge in [0.2, 0.25) is 0 Å². The minimum Gasteiger partial charge on any atom is -0.462 e. The number of hydrogen-bond acceptors (Lipinski definition) is 6. The van der Waals surface area contributed by atoms with Gasteiger partial charge in [0.05, 0.1) is 6.42 Å². The Morgan fingerprint density at radius 3 is 1.15 bits per heavy atom. The molecule has 1 atom stereocenters. The second-order valence-corrected chi connectivity index (χ2v) is 15.3. The van der Waals surface area contributed by atoms with Crippen LogP contribution in [0.2, 0.25) is 0 Å². The highest BCUT2D eigenvalue weighted by Gasteiger charge is 2.19. The summed E-state index contributed by atoms with van der Waals surface area (Å²) in [7, 11) is 0. The molecule has 0 amide bonds. The molecule has 0 fully saturated rings. The van der Waals surface area contributed by atoms with E-state index < -0.39 is 12.1 Å². The Bertz CT molecular complexity index is 1400. The maximum absolute atomic E-state index is 12.7. The zero-order valence-electron chi connectivity index (χ0n) is 39.3. The van der Waals surface area contributed by atoms with Gasteiger partial charge in [-0.3, -0.25) is 14.4 Å². The van der Waals surface area contributed by atoms with Crippen molar-refractivity contribution in [3.05, 3.63) is 134 Å². The van der Waals surface area contributed by atoms with Crippen LogP contribution in [-0.4, -0.2) is 37.2 Å². The van der Waals surface area contributed by atoms with Crippen molar-refractivity contribution in [2.24, 2.45) is 0 Å². The second kappa shape index (κ2) is 49.2. The van der Waals surface area contributed by atoms with Gasteiger partial charge in [0, 0.05) is 12.8 Å². The molecular weight excluding hydrogens is 769 g/mol. The van der Waals surface area contributed by atoms with E-state index in [1.54, 1.807) is 6.08 Å². The number of carbonyl (C=O) groups excluding carboxylic acids is 3. The third-order valence-corrected chi connectivity index (χ3v) is 9.40. The summed E-state index contributed by atoms with van der Waals surface area (Å²) in [5.41, 5.74) is 0. The molecule has 0 aliphatic rings. The molecule has 0 heterocycles. The highest BCUT2D eigenvalue weighted by molar-refractivity contribution is 5.72. The Morgan fingerprint density at radius 1 is 0.355 bits per heavy atom. The van der Waals surface area contributed by atoms with Crippen molar-refractivity contribution in [3.63, 3.8) is 0 Å². The standard InChI is InChI=1S/C56H86O6/c1-4-7-10-13-16-19-22-25-27-28-30-31-34-37-40-43-46-49-55(58)61-52-53(51-60-54(57)48-45-42-39-36-33-24-21-18-15-12-9-6-3)62-56(59)50-47-44-41-38-35-32-29-26-23-20-17-14-11-8-5-2/h7-8,10-11,16-21,25-27,29-31,35,37-38,40,44,47,53H,4-6,9,12-15,22-24,28,32-34,36,39,41-43,45-46,48-52H2,1-3H3/b10-7-,11-8-,19-16-,20-17-,21-18-,27-25-,29-26-,31-30-,38-35-,40-37-,47-44-. The van der Waals surface area contributed by atoms with Crippen molar-refractivity contribution in [1.82, 2.24) is 0 Å². The third kappa shape index (κ3) is 46.6. The molecule has 0 saturated carbocycles. The van der Waals surface area contributed by atoms with E-state index in [0.29, 0.717) is 19.3 Å². The zero-order valence-corrected chi connectivity index (χ0v) is 39.3. The smallest absolute Gasteiger partial charge is 0.310 e. The van der Waals surface area contributed by atoms with Crippen LogP contribution < -0.4 is 0 Å². The summed E-state index contributed by atoms with van der Waals surface area (Å²) < 4.78 is 16.6. The summed E-state index contributed by atoms with van der Waals surface area (Å²) >= 11 is 0. The lowest BCUT2D eigenvalue weighted by Gasteiger charge is -2.18. The first-order valence-corrected chi connectivity index (χ1v) is 24.2. The van der Waals surface area contributed by atoms with Crippen molar-refractivity contribution in [2.45, 2.75) is 187 Å². The molecule has 6 heteroatoms. The normalized spacial score (nSPS) is 13.3. The number of hydrogen-bond donors (Lipinski definition) is 0. The van der Waals surface area contributed by atoms with Gasteiger partial charge >= 0.3 is 17.9 Å². The molecule has 1 unspecified atom stereocenters. The average Bonchev–Trinajstić information content (AvgIpc) is 3.27. The van der Waals surface area contributed by atoms with E-state index in [9.17, 15) is 14.4 Å². The van der Waals surface area contributed by atoms with Gasteiger partial charge in [0.1, 0.15) is 13.2 Å². The summed E-state index contributed by atoms with van der Waals surface area (Å²) in [5.74, 6) is -1.16. The van der Waals surface area contributed by atoms with Crippen molar-refractivity contribution in [2.75, 3.05) is 13.2 Å². The van der Waals surface area contributed by atoms with Crippen LogP contribution in [0.25, 0.3) is 0 Å². The van der Waals surface area contributed by atoms with Crippen LogP contribution in [0.1, 0.15) is 181 Å². The Kier molecular flexibility index (Phi) is 45.7. The predicted molar refractivity (Wildman–Crippen MR) is 265 cm³/mol. The molecule has 6 nitrogen and oxygen atoms in total. The summed E-state index contributed by atoms with van der Waals surface area (Å²) in [5, 5.41) is 0. The van der Waals surface area contributed by atoms with Crippen LogP contribution in [-0.2, 0) is 28.6 Å². The average molecular weight is 855 g/mol.